The molecule has 27 heavy (non-hydrogen) atoms. The fraction of sp³-hybridized carbons (Fsp3) is 0.300. The minimum atomic E-state index is -3.42. The normalized spacial score (nSPS) is 11.0. The molecular formula is C20H24N2O4S. The maximum atomic E-state index is 12.2. The monoisotopic (exact) mass is 388 g/mol. The highest BCUT2D eigenvalue weighted by Gasteiger charge is 2.17. The third kappa shape index (κ3) is 6.21. The number of anilines is 1. The molecule has 0 saturated carbocycles. The SMILES string of the molecule is CCS(=O)(=O)c1ccc(NC(=O)CCCc2ccccc2)cc1CNC=O. The predicted octanol–water partition coefficient (Wildman–Crippen LogP) is 2.69. The molecule has 0 saturated heterocycles. The summed E-state index contributed by atoms with van der Waals surface area (Å²) in [4.78, 5) is 22.9. The Kier molecular flexibility index (Phi) is 7.55. The number of hydrogen-bond acceptors (Lipinski definition) is 4. The van der Waals surface area contributed by atoms with E-state index in [4.69, 9.17) is 0 Å². The summed E-state index contributed by atoms with van der Waals surface area (Å²) in [7, 11) is -3.42. The van der Waals surface area contributed by atoms with E-state index in [9.17, 15) is 18.0 Å². The maximum absolute atomic E-state index is 12.2. The van der Waals surface area contributed by atoms with E-state index >= 15 is 0 Å². The van der Waals surface area contributed by atoms with Gasteiger partial charge in [0.25, 0.3) is 0 Å². The van der Waals surface area contributed by atoms with Crippen LogP contribution in [0.15, 0.2) is 53.4 Å². The van der Waals surface area contributed by atoms with Crippen molar-refractivity contribution in [3.8, 4) is 0 Å². The van der Waals surface area contributed by atoms with Crippen LogP contribution in [0.1, 0.15) is 30.9 Å². The van der Waals surface area contributed by atoms with E-state index in [1.165, 1.54) is 11.6 Å². The third-order valence-electron chi connectivity index (χ3n) is 4.15. The number of nitrogens with one attached hydrogen (secondary N) is 2. The minimum Gasteiger partial charge on any atom is -0.355 e. The molecular weight excluding hydrogens is 364 g/mol. The summed E-state index contributed by atoms with van der Waals surface area (Å²) in [6, 6.07) is 14.6. The number of benzene rings is 2. The summed E-state index contributed by atoms with van der Waals surface area (Å²) in [5, 5.41) is 5.27. The second-order valence-electron chi connectivity index (χ2n) is 6.11. The fourth-order valence-electron chi connectivity index (χ4n) is 2.73. The average Bonchev–Trinajstić information content (AvgIpc) is 2.67. The zero-order valence-corrected chi connectivity index (χ0v) is 16.1. The van der Waals surface area contributed by atoms with Crippen molar-refractivity contribution in [3.63, 3.8) is 0 Å². The summed E-state index contributed by atoms with van der Waals surface area (Å²) >= 11 is 0. The summed E-state index contributed by atoms with van der Waals surface area (Å²) in [5.41, 5.74) is 2.14. The van der Waals surface area contributed by atoms with Crippen molar-refractivity contribution in [1.82, 2.24) is 5.32 Å². The van der Waals surface area contributed by atoms with E-state index in [0.29, 0.717) is 24.1 Å². The molecule has 6 nitrogen and oxygen atoms in total. The molecule has 0 fully saturated rings. The van der Waals surface area contributed by atoms with Gasteiger partial charge >= 0.3 is 0 Å². The molecule has 0 spiro atoms. The van der Waals surface area contributed by atoms with Crippen LogP contribution in [0.4, 0.5) is 5.69 Å². The average molecular weight is 388 g/mol. The molecule has 2 aromatic rings. The van der Waals surface area contributed by atoms with Gasteiger partial charge in [0.05, 0.1) is 10.6 Å². The highest BCUT2D eigenvalue weighted by Crippen LogP contribution is 2.22. The van der Waals surface area contributed by atoms with Crippen LogP contribution in [0.2, 0.25) is 0 Å². The Labute approximate surface area is 159 Å². The Hall–Kier alpha value is -2.67. The number of amides is 2. The van der Waals surface area contributed by atoms with Crippen LogP contribution in [-0.2, 0) is 32.4 Å². The van der Waals surface area contributed by atoms with Crippen molar-refractivity contribution in [3.05, 3.63) is 59.7 Å². The van der Waals surface area contributed by atoms with Crippen molar-refractivity contribution in [2.75, 3.05) is 11.1 Å². The fourth-order valence-corrected chi connectivity index (χ4v) is 3.84. The molecule has 0 aromatic heterocycles. The maximum Gasteiger partial charge on any atom is 0.224 e. The van der Waals surface area contributed by atoms with Crippen LogP contribution in [0.25, 0.3) is 0 Å². The predicted molar refractivity (Wildman–Crippen MR) is 105 cm³/mol. The zero-order valence-electron chi connectivity index (χ0n) is 15.3. The Morgan fingerprint density at radius 2 is 1.85 bits per heavy atom. The van der Waals surface area contributed by atoms with Crippen molar-refractivity contribution in [2.45, 2.75) is 37.6 Å². The number of aryl methyl sites for hydroxylation is 1. The summed E-state index contributed by atoms with van der Waals surface area (Å²) in [6.07, 6.45) is 2.41. The molecule has 0 radical (unpaired) electrons. The molecule has 2 N–H and O–H groups in total. The third-order valence-corrected chi connectivity index (χ3v) is 5.98. The molecule has 2 amide bonds. The lowest BCUT2D eigenvalue weighted by Gasteiger charge is -2.12. The molecule has 2 aromatic carbocycles. The molecule has 0 aliphatic heterocycles. The molecule has 0 bridgehead atoms. The molecule has 0 heterocycles. The van der Waals surface area contributed by atoms with Crippen LogP contribution in [-0.4, -0.2) is 26.5 Å². The van der Waals surface area contributed by atoms with Crippen LogP contribution >= 0.6 is 0 Å². The first-order chi connectivity index (χ1) is 13.0. The van der Waals surface area contributed by atoms with Crippen LogP contribution < -0.4 is 10.6 Å². The van der Waals surface area contributed by atoms with E-state index in [-0.39, 0.29) is 23.1 Å². The molecule has 7 heteroatoms. The largest absolute Gasteiger partial charge is 0.355 e. The molecule has 0 unspecified atom stereocenters. The van der Waals surface area contributed by atoms with E-state index in [1.54, 1.807) is 19.1 Å². The molecule has 2 rings (SSSR count). The smallest absolute Gasteiger partial charge is 0.224 e. The van der Waals surface area contributed by atoms with Crippen molar-refractivity contribution < 1.29 is 18.0 Å². The number of carbonyl (C=O) groups is 2. The lowest BCUT2D eigenvalue weighted by molar-refractivity contribution is -0.116. The minimum absolute atomic E-state index is 0.0354. The van der Waals surface area contributed by atoms with Crippen molar-refractivity contribution in [2.24, 2.45) is 0 Å². The topological polar surface area (TPSA) is 92.3 Å². The summed E-state index contributed by atoms with van der Waals surface area (Å²) < 4.78 is 24.4. The first-order valence-corrected chi connectivity index (χ1v) is 10.5. The molecule has 0 aliphatic carbocycles. The van der Waals surface area contributed by atoms with Gasteiger partial charge in [-0.05, 0) is 42.2 Å². The van der Waals surface area contributed by atoms with Gasteiger partial charge in [-0.2, -0.15) is 0 Å². The Morgan fingerprint density at radius 1 is 1.11 bits per heavy atom. The highest BCUT2D eigenvalue weighted by atomic mass is 32.2. The van der Waals surface area contributed by atoms with Gasteiger partial charge in [0.15, 0.2) is 9.84 Å². The van der Waals surface area contributed by atoms with Crippen LogP contribution in [0.3, 0.4) is 0 Å². The van der Waals surface area contributed by atoms with E-state index in [2.05, 4.69) is 10.6 Å². The van der Waals surface area contributed by atoms with Gasteiger partial charge in [-0.1, -0.05) is 37.3 Å². The van der Waals surface area contributed by atoms with Gasteiger partial charge in [-0.15, -0.1) is 0 Å². The van der Waals surface area contributed by atoms with Crippen LogP contribution in [0, 0.1) is 0 Å². The Balaban J connectivity index is 2.02. The molecule has 144 valence electrons. The van der Waals surface area contributed by atoms with Gasteiger partial charge in [0.1, 0.15) is 0 Å². The molecule has 0 atom stereocenters. The lowest BCUT2D eigenvalue weighted by atomic mass is 10.1. The van der Waals surface area contributed by atoms with Gasteiger partial charge in [-0.3, -0.25) is 9.59 Å². The number of carbonyl (C=O) groups excluding carboxylic acids is 2. The molecule has 0 aliphatic rings. The first-order valence-electron chi connectivity index (χ1n) is 8.82. The van der Waals surface area contributed by atoms with Crippen molar-refractivity contribution in [1.29, 1.82) is 0 Å². The highest BCUT2D eigenvalue weighted by molar-refractivity contribution is 7.91. The van der Waals surface area contributed by atoms with Crippen molar-refractivity contribution >= 4 is 27.8 Å². The number of hydrogen-bond donors (Lipinski definition) is 2. The first kappa shape index (κ1) is 20.6. The van der Waals surface area contributed by atoms with E-state index in [1.807, 2.05) is 30.3 Å². The van der Waals surface area contributed by atoms with Gasteiger partial charge in [0.2, 0.25) is 12.3 Å². The summed E-state index contributed by atoms with van der Waals surface area (Å²) in [6.45, 7) is 1.64. The van der Waals surface area contributed by atoms with E-state index < -0.39 is 9.84 Å². The summed E-state index contributed by atoms with van der Waals surface area (Å²) in [5.74, 6) is -0.168. The van der Waals surface area contributed by atoms with E-state index in [0.717, 1.165) is 12.8 Å². The van der Waals surface area contributed by atoms with Gasteiger partial charge < -0.3 is 10.6 Å². The Bertz CT molecular complexity index is 880. The quantitative estimate of drug-likeness (QED) is 0.612. The zero-order chi connectivity index (χ0) is 19.7. The Morgan fingerprint density at radius 3 is 2.52 bits per heavy atom. The van der Waals surface area contributed by atoms with Gasteiger partial charge in [-0.25, -0.2) is 8.42 Å². The second-order valence-corrected chi connectivity index (χ2v) is 8.36. The standard InChI is InChI=1S/C20H24N2O4S/c1-2-27(25,26)19-12-11-18(13-17(19)14-21-15-23)22-20(24)10-6-9-16-7-4-3-5-8-16/h3-5,7-8,11-13,15H,2,6,9-10,14H2,1H3,(H,21,23)(H,22,24). The number of sulfone groups is 1. The van der Waals surface area contributed by atoms with Gasteiger partial charge in [0, 0.05) is 18.7 Å². The van der Waals surface area contributed by atoms with Crippen LogP contribution in [0.5, 0.6) is 0 Å². The lowest BCUT2D eigenvalue weighted by Crippen LogP contribution is -2.16. The second kappa shape index (κ2) is 9.87. The number of rotatable bonds is 10.